The molecule has 1 heterocycles. The summed E-state index contributed by atoms with van der Waals surface area (Å²) in [6.07, 6.45) is 5.44. The number of Topliss-reactive ketones (excluding diaryl/α,β-unsaturated/α-hetero) is 1. The summed E-state index contributed by atoms with van der Waals surface area (Å²) in [5.74, 6) is -2.53. The topological polar surface area (TPSA) is 64.1 Å². The summed E-state index contributed by atoms with van der Waals surface area (Å²) in [4.78, 5) is 18.2. The molecular formula is C32H26F3NO3S. The van der Waals surface area contributed by atoms with Crippen LogP contribution >= 0.6 is 0 Å². The fourth-order valence-corrected chi connectivity index (χ4v) is 5.92. The van der Waals surface area contributed by atoms with Crippen molar-refractivity contribution in [1.29, 1.82) is 0 Å². The number of allylic oxidation sites excluding steroid dienone is 2. The zero-order valence-corrected chi connectivity index (χ0v) is 22.5. The Morgan fingerprint density at radius 3 is 2.42 bits per heavy atom. The summed E-state index contributed by atoms with van der Waals surface area (Å²) >= 11 is 0. The highest BCUT2D eigenvalue weighted by Crippen LogP contribution is 2.36. The Bertz CT molecular complexity index is 1730. The van der Waals surface area contributed by atoms with Crippen LogP contribution in [-0.4, -0.2) is 25.4 Å². The molecule has 3 aromatic carbocycles. The van der Waals surface area contributed by atoms with Gasteiger partial charge in [-0.25, -0.2) is 21.6 Å². The van der Waals surface area contributed by atoms with Crippen LogP contribution in [0.25, 0.3) is 16.7 Å². The second-order valence-corrected chi connectivity index (χ2v) is 12.1. The Morgan fingerprint density at radius 1 is 0.900 bits per heavy atom. The SMILES string of the molecule is CS(=O)(=O)c1cccc(-c2cccnc2[C@@H](CC(=O)CC2=CCc3ccc(F)cc32)Cc2cc(F)cc(F)c2)c1. The first-order chi connectivity index (χ1) is 19.1. The van der Waals surface area contributed by atoms with Gasteiger partial charge >= 0.3 is 0 Å². The molecule has 0 saturated carbocycles. The summed E-state index contributed by atoms with van der Waals surface area (Å²) in [6, 6.07) is 17.7. The molecule has 8 heteroatoms. The average Bonchev–Trinajstić information content (AvgIpc) is 3.28. The zero-order chi connectivity index (χ0) is 28.4. The van der Waals surface area contributed by atoms with Crippen molar-refractivity contribution >= 4 is 21.2 Å². The molecule has 5 rings (SSSR count). The van der Waals surface area contributed by atoms with Gasteiger partial charge in [0.25, 0.3) is 0 Å². The molecule has 40 heavy (non-hydrogen) atoms. The number of rotatable bonds is 9. The number of fused-ring (bicyclic) bond motifs is 1. The van der Waals surface area contributed by atoms with Crippen LogP contribution in [0.1, 0.15) is 41.1 Å². The Balaban J connectivity index is 1.51. The van der Waals surface area contributed by atoms with Crippen LogP contribution in [0.15, 0.2) is 90.0 Å². The van der Waals surface area contributed by atoms with Crippen molar-refractivity contribution in [1.82, 2.24) is 4.98 Å². The van der Waals surface area contributed by atoms with Crippen molar-refractivity contribution in [3.05, 3.63) is 125 Å². The number of nitrogens with zero attached hydrogens (tertiary/aromatic N) is 1. The van der Waals surface area contributed by atoms with Gasteiger partial charge in [-0.1, -0.05) is 30.3 Å². The first-order valence-corrected chi connectivity index (χ1v) is 14.7. The van der Waals surface area contributed by atoms with E-state index in [1.165, 1.54) is 30.3 Å². The Morgan fingerprint density at radius 2 is 1.68 bits per heavy atom. The number of carbonyl (C=O) groups excluding carboxylic acids is 1. The van der Waals surface area contributed by atoms with Gasteiger partial charge in [-0.15, -0.1) is 0 Å². The molecule has 0 spiro atoms. The van der Waals surface area contributed by atoms with Crippen LogP contribution < -0.4 is 0 Å². The van der Waals surface area contributed by atoms with Gasteiger partial charge in [0.15, 0.2) is 9.84 Å². The molecule has 1 atom stereocenters. The van der Waals surface area contributed by atoms with Crippen molar-refractivity contribution in [2.24, 2.45) is 0 Å². The van der Waals surface area contributed by atoms with Crippen molar-refractivity contribution in [2.45, 2.75) is 36.5 Å². The molecule has 0 fully saturated rings. The predicted octanol–water partition coefficient (Wildman–Crippen LogP) is 6.88. The van der Waals surface area contributed by atoms with Crippen LogP contribution in [0.2, 0.25) is 0 Å². The molecule has 1 aliphatic rings. The fourth-order valence-electron chi connectivity index (χ4n) is 5.26. The van der Waals surface area contributed by atoms with E-state index in [0.717, 1.165) is 23.5 Å². The highest BCUT2D eigenvalue weighted by Gasteiger charge is 2.25. The summed E-state index contributed by atoms with van der Waals surface area (Å²) in [5.41, 5.74) is 4.51. The highest BCUT2D eigenvalue weighted by molar-refractivity contribution is 7.90. The van der Waals surface area contributed by atoms with Gasteiger partial charge in [-0.2, -0.15) is 0 Å². The quantitative estimate of drug-likeness (QED) is 0.223. The first kappa shape index (κ1) is 27.5. The van der Waals surface area contributed by atoms with Gasteiger partial charge in [0.1, 0.15) is 23.2 Å². The van der Waals surface area contributed by atoms with Gasteiger partial charge < -0.3 is 0 Å². The van der Waals surface area contributed by atoms with Crippen LogP contribution in [-0.2, 0) is 27.5 Å². The minimum absolute atomic E-state index is 0.00982. The van der Waals surface area contributed by atoms with Crippen molar-refractivity contribution in [3.8, 4) is 11.1 Å². The molecular weight excluding hydrogens is 535 g/mol. The van der Waals surface area contributed by atoms with E-state index in [1.807, 2.05) is 6.08 Å². The second kappa shape index (κ2) is 11.2. The number of pyridine rings is 1. The maximum absolute atomic E-state index is 14.1. The third-order valence-corrected chi connectivity index (χ3v) is 8.16. The summed E-state index contributed by atoms with van der Waals surface area (Å²) in [7, 11) is -3.48. The molecule has 0 saturated heterocycles. The van der Waals surface area contributed by atoms with Gasteiger partial charge in [-0.3, -0.25) is 9.78 Å². The first-order valence-electron chi connectivity index (χ1n) is 12.8. The normalized spacial score (nSPS) is 13.6. The lowest BCUT2D eigenvalue weighted by molar-refractivity contribution is -0.118. The summed E-state index contributed by atoms with van der Waals surface area (Å²) in [5, 5.41) is 0. The molecule has 0 N–H and O–H groups in total. The Kier molecular flexibility index (Phi) is 7.72. The molecule has 4 aromatic rings. The van der Waals surface area contributed by atoms with Crippen molar-refractivity contribution < 1.29 is 26.4 Å². The smallest absolute Gasteiger partial charge is 0.175 e. The van der Waals surface area contributed by atoms with E-state index in [4.69, 9.17) is 0 Å². The van der Waals surface area contributed by atoms with Crippen LogP contribution in [0.5, 0.6) is 0 Å². The monoisotopic (exact) mass is 561 g/mol. The van der Waals surface area contributed by atoms with Crippen LogP contribution in [0.3, 0.4) is 0 Å². The standard InChI is InChI=1S/C32H26F3NO3S/c1-40(38,39)29-5-2-4-22(17-29)30-6-3-11-36-32(30)24(12-20-13-26(34)18-27(35)14-20)16-28(37)15-23-8-7-21-9-10-25(33)19-31(21)23/h2-6,8-11,13-14,17-19,24H,7,12,15-16H2,1H3/t24-/m1/s1. The van der Waals surface area contributed by atoms with Crippen LogP contribution in [0.4, 0.5) is 13.2 Å². The fraction of sp³-hybridized carbons (Fsp3) is 0.188. The second-order valence-electron chi connectivity index (χ2n) is 10.1. The molecule has 1 aromatic heterocycles. The van der Waals surface area contributed by atoms with Crippen molar-refractivity contribution in [2.75, 3.05) is 6.26 Å². The van der Waals surface area contributed by atoms with Gasteiger partial charge in [0, 0.05) is 42.8 Å². The molecule has 0 radical (unpaired) electrons. The molecule has 0 unspecified atom stereocenters. The van der Waals surface area contributed by atoms with E-state index in [0.29, 0.717) is 34.4 Å². The minimum atomic E-state index is -3.48. The number of sulfone groups is 1. The molecule has 1 aliphatic carbocycles. The van der Waals surface area contributed by atoms with E-state index in [-0.39, 0.29) is 35.8 Å². The van der Waals surface area contributed by atoms with E-state index in [9.17, 15) is 26.4 Å². The molecule has 0 bridgehead atoms. The number of hydrogen-bond acceptors (Lipinski definition) is 4. The zero-order valence-electron chi connectivity index (χ0n) is 21.7. The lowest BCUT2D eigenvalue weighted by Crippen LogP contribution is -2.13. The molecule has 204 valence electrons. The number of ketones is 1. The number of benzene rings is 3. The minimum Gasteiger partial charge on any atom is -0.299 e. The van der Waals surface area contributed by atoms with Gasteiger partial charge in [-0.05, 0) is 83.1 Å². The van der Waals surface area contributed by atoms with Gasteiger partial charge in [0.05, 0.1) is 10.6 Å². The average molecular weight is 562 g/mol. The summed E-state index contributed by atoms with van der Waals surface area (Å²) in [6.45, 7) is 0. The maximum Gasteiger partial charge on any atom is 0.175 e. The molecule has 4 nitrogen and oxygen atoms in total. The Hall–Kier alpha value is -4.04. The third kappa shape index (κ3) is 6.23. The third-order valence-electron chi connectivity index (χ3n) is 7.05. The Labute approximate surface area is 231 Å². The number of aromatic nitrogens is 1. The number of halogens is 3. The number of hydrogen-bond donors (Lipinski definition) is 0. The van der Waals surface area contributed by atoms with E-state index < -0.39 is 27.4 Å². The molecule has 0 amide bonds. The maximum atomic E-state index is 14.1. The lowest BCUT2D eigenvalue weighted by atomic mass is 9.85. The van der Waals surface area contributed by atoms with E-state index in [1.54, 1.807) is 42.6 Å². The highest BCUT2D eigenvalue weighted by atomic mass is 32.2. The van der Waals surface area contributed by atoms with Gasteiger partial charge in [0.2, 0.25) is 0 Å². The number of carbonyl (C=O) groups is 1. The predicted molar refractivity (Wildman–Crippen MR) is 148 cm³/mol. The van der Waals surface area contributed by atoms with E-state index in [2.05, 4.69) is 4.98 Å². The van der Waals surface area contributed by atoms with Crippen LogP contribution in [0, 0.1) is 17.5 Å². The largest absolute Gasteiger partial charge is 0.299 e. The lowest BCUT2D eigenvalue weighted by Gasteiger charge is -2.20. The molecule has 0 aliphatic heterocycles. The van der Waals surface area contributed by atoms with E-state index >= 15 is 0 Å². The van der Waals surface area contributed by atoms with Crippen molar-refractivity contribution in [3.63, 3.8) is 0 Å². The summed E-state index contributed by atoms with van der Waals surface area (Å²) < 4.78 is 66.4.